The van der Waals surface area contributed by atoms with Crippen molar-refractivity contribution in [1.29, 1.82) is 0 Å². The molecule has 2 N–H and O–H groups in total. The second-order valence-corrected chi connectivity index (χ2v) is 7.24. The first-order chi connectivity index (χ1) is 8.83. The predicted octanol–water partition coefficient (Wildman–Crippen LogP) is 3.95. The van der Waals surface area contributed by atoms with E-state index in [1.54, 1.807) is 18.7 Å². The van der Waals surface area contributed by atoms with Crippen molar-refractivity contribution < 1.29 is 9.53 Å². The second-order valence-electron chi connectivity index (χ2n) is 5.37. The molecule has 5 heteroatoms. The number of thioether (sulfide) groups is 1. The summed E-state index contributed by atoms with van der Waals surface area (Å²) in [5.41, 5.74) is 7.14. The third-order valence-corrected chi connectivity index (χ3v) is 3.63. The molecule has 0 unspecified atom stereocenters. The number of carbonyl (C=O) groups is 1. The molecule has 20 heavy (non-hydrogen) atoms. The Hall–Kier alpha value is -0.710. The molecular weight excluding hydrogens is 294 g/mol. The van der Waals surface area contributed by atoms with Gasteiger partial charge in [0.2, 0.25) is 0 Å². The number of benzene rings is 1. The van der Waals surface area contributed by atoms with Gasteiger partial charge in [0.1, 0.15) is 0 Å². The van der Waals surface area contributed by atoms with Crippen LogP contribution in [0.15, 0.2) is 29.2 Å². The monoisotopic (exact) mass is 317 g/mol. The van der Waals surface area contributed by atoms with Crippen LogP contribution in [0, 0.1) is 0 Å². The smallest absolute Gasteiger partial charge is 0.307 e. The van der Waals surface area contributed by atoms with E-state index in [0.717, 1.165) is 10.5 Å². The molecule has 0 aromatic heterocycles. The van der Waals surface area contributed by atoms with Crippen LogP contribution in [-0.2, 0) is 9.53 Å². The molecule has 0 bridgehead atoms. The maximum Gasteiger partial charge on any atom is 0.307 e. The van der Waals surface area contributed by atoms with Gasteiger partial charge in [0, 0.05) is 15.7 Å². The molecule has 0 fully saturated rings. The van der Waals surface area contributed by atoms with Crippen molar-refractivity contribution in [2.45, 2.75) is 49.8 Å². The number of hydrogen-bond donors (Lipinski definition) is 1. The molecule has 1 aromatic rings. The minimum absolute atomic E-state index is 0. The van der Waals surface area contributed by atoms with Crippen LogP contribution in [-0.4, -0.2) is 17.3 Å². The van der Waals surface area contributed by atoms with Crippen LogP contribution in [0.1, 0.15) is 45.7 Å². The molecule has 0 radical (unpaired) electrons. The third-order valence-electron chi connectivity index (χ3n) is 2.43. The van der Waals surface area contributed by atoms with Gasteiger partial charge in [0.15, 0.2) is 0 Å². The van der Waals surface area contributed by atoms with Crippen molar-refractivity contribution >= 4 is 30.1 Å². The molecule has 0 aliphatic heterocycles. The average molecular weight is 318 g/mol. The van der Waals surface area contributed by atoms with E-state index < -0.39 is 0 Å². The zero-order valence-electron chi connectivity index (χ0n) is 12.5. The lowest BCUT2D eigenvalue weighted by molar-refractivity contribution is -0.143. The Kier molecular flexibility index (Phi) is 8.25. The van der Waals surface area contributed by atoms with Crippen LogP contribution in [0.4, 0.5) is 0 Å². The van der Waals surface area contributed by atoms with Gasteiger partial charge in [0.05, 0.1) is 13.0 Å². The molecule has 0 spiro atoms. The van der Waals surface area contributed by atoms with Crippen LogP contribution in [0.5, 0.6) is 0 Å². The van der Waals surface area contributed by atoms with Gasteiger partial charge in [-0.15, -0.1) is 24.2 Å². The van der Waals surface area contributed by atoms with E-state index in [0.29, 0.717) is 6.61 Å². The fourth-order valence-corrected chi connectivity index (χ4v) is 2.86. The van der Waals surface area contributed by atoms with Crippen LogP contribution in [0.2, 0.25) is 0 Å². The van der Waals surface area contributed by atoms with Crippen molar-refractivity contribution in [1.82, 2.24) is 0 Å². The molecule has 114 valence electrons. The Morgan fingerprint density at radius 3 is 2.50 bits per heavy atom. The third kappa shape index (κ3) is 6.64. The number of ether oxygens (including phenoxy) is 1. The summed E-state index contributed by atoms with van der Waals surface area (Å²) < 4.78 is 5.06. The van der Waals surface area contributed by atoms with Gasteiger partial charge in [-0.3, -0.25) is 4.79 Å². The molecule has 0 aliphatic carbocycles. The fraction of sp³-hybridized carbons (Fsp3) is 0.533. The SMILES string of the molecule is CCOC(=O)C[C@@H](N)c1ccccc1SC(C)(C)C.Cl. The number of rotatable bonds is 5. The molecule has 1 aromatic carbocycles. The average Bonchev–Trinajstić information content (AvgIpc) is 2.27. The predicted molar refractivity (Wildman–Crippen MR) is 87.5 cm³/mol. The number of carbonyl (C=O) groups excluding carboxylic acids is 1. The zero-order valence-corrected chi connectivity index (χ0v) is 14.1. The van der Waals surface area contributed by atoms with Crippen LogP contribution >= 0.6 is 24.2 Å². The van der Waals surface area contributed by atoms with E-state index in [4.69, 9.17) is 10.5 Å². The zero-order chi connectivity index (χ0) is 14.5. The molecule has 0 heterocycles. The van der Waals surface area contributed by atoms with E-state index in [-0.39, 0.29) is 35.6 Å². The van der Waals surface area contributed by atoms with E-state index in [1.165, 1.54) is 0 Å². The Morgan fingerprint density at radius 2 is 1.95 bits per heavy atom. The minimum Gasteiger partial charge on any atom is -0.466 e. The van der Waals surface area contributed by atoms with Gasteiger partial charge in [-0.1, -0.05) is 39.0 Å². The van der Waals surface area contributed by atoms with Crippen molar-refractivity contribution in [2.24, 2.45) is 5.73 Å². The number of halogens is 1. The van der Waals surface area contributed by atoms with Crippen molar-refractivity contribution in [2.75, 3.05) is 6.61 Å². The second kappa shape index (κ2) is 8.55. The summed E-state index contributed by atoms with van der Waals surface area (Å²) in [6.07, 6.45) is 0.218. The minimum atomic E-state index is -0.315. The largest absolute Gasteiger partial charge is 0.466 e. The van der Waals surface area contributed by atoms with Gasteiger partial charge in [0.25, 0.3) is 0 Å². The summed E-state index contributed by atoms with van der Waals surface area (Å²) in [6.45, 7) is 8.67. The van der Waals surface area contributed by atoms with E-state index in [2.05, 4.69) is 26.8 Å². The highest BCUT2D eigenvalue weighted by molar-refractivity contribution is 8.00. The van der Waals surface area contributed by atoms with Gasteiger partial charge in [-0.2, -0.15) is 0 Å². The lowest BCUT2D eigenvalue weighted by Gasteiger charge is -2.22. The Balaban J connectivity index is 0.00000361. The maximum atomic E-state index is 11.5. The molecule has 1 rings (SSSR count). The maximum absolute atomic E-state index is 11.5. The topological polar surface area (TPSA) is 52.3 Å². The van der Waals surface area contributed by atoms with E-state index in [1.807, 2.05) is 18.2 Å². The number of hydrogen-bond acceptors (Lipinski definition) is 4. The van der Waals surface area contributed by atoms with Crippen LogP contribution in [0.3, 0.4) is 0 Å². The first-order valence-corrected chi connectivity index (χ1v) is 7.34. The molecule has 0 saturated carbocycles. The lowest BCUT2D eigenvalue weighted by atomic mass is 10.1. The van der Waals surface area contributed by atoms with Gasteiger partial charge < -0.3 is 10.5 Å². The Bertz CT molecular complexity index is 432. The summed E-state index contributed by atoms with van der Waals surface area (Å²) in [7, 11) is 0. The first kappa shape index (κ1) is 19.3. The standard InChI is InChI=1S/C15H23NO2S.ClH/c1-5-18-14(17)10-12(16)11-8-6-7-9-13(11)19-15(2,3)4;/h6-9,12H,5,10,16H2,1-4H3;1H/t12-;/m1./s1. The normalized spacial score (nSPS) is 12.4. The van der Waals surface area contributed by atoms with Crippen LogP contribution < -0.4 is 5.73 Å². The first-order valence-electron chi connectivity index (χ1n) is 6.52. The molecule has 0 amide bonds. The van der Waals surface area contributed by atoms with Crippen molar-refractivity contribution in [3.8, 4) is 0 Å². The van der Waals surface area contributed by atoms with E-state index in [9.17, 15) is 4.79 Å². The summed E-state index contributed by atoms with van der Waals surface area (Å²) in [4.78, 5) is 12.6. The molecule has 0 aliphatic rings. The van der Waals surface area contributed by atoms with E-state index >= 15 is 0 Å². The number of nitrogens with two attached hydrogens (primary N) is 1. The van der Waals surface area contributed by atoms with Crippen molar-refractivity contribution in [3.63, 3.8) is 0 Å². The lowest BCUT2D eigenvalue weighted by Crippen LogP contribution is -2.18. The quantitative estimate of drug-likeness (QED) is 0.660. The van der Waals surface area contributed by atoms with Crippen LogP contribution in [0.25, 0.3) is 0 Å². The fourth-order valence-electron chi connectivity index (χ4n) is 1.72. The molecule has 3 nitrogen and oxygen atoms in total. The Morgan fingerprint density at radius 1 is 1.35 bits per heavy atom. The van der Waals surface area contributed by atoms with Gasteiger partial charge in [-0.25, -0.2) is 0 Å². The van der Waals surface area contributed by atoms with Gasteiger partial charge >= 0.3 is 5.97 Å². The number of esters is 1. The summed E-state index contributed by atoms with van der Waals surface area (Å²) >= 11 is 1.76. The molecular formula is C15H24ClNO2S. The summed E-state index contributed by atoms with van der Waals surface area (Å²) in [6, 6.07) is 7.67. The molecule has 0 saturated heterocycles. The summed E-state index contributed by atoms with van der Waals surface area (Å²) in [5, 5.41) is 0. The molecule has 1 atom stereocenters. The highest BCUT2D eigenvalue weighted by Gasteiger charge is 2.19. The van der Waals surface area contributed by atoms with Gasteiger partial charge in [-0.05, 0) is 18.6 Å². The highest BCUT2D eigenvalue weighted by atomic mass is 35.5. The Labute approximate surface area is 132 Å². The highest BCUT2D eigenvalue weighted by Crippen LogP contribution is 2.36. The summed E-state index contributed by atoms with van der Waals surface area (Å²) in [5.74, 6) is -0.245. The van der Waals surface area contributed by atoms with Crippen molar-refractivity contribution in [3.05, 3.63) is 29.8 Å².